The zero-order valence-electron chi connectivity index (χ0n) is 19.0. The maximum Gasteiger partial charge on any atom is 0.257 e. The lowest BCUT2D eigenvalue weighted by atomic mass is 9.83. The van der Waals surface area contributed by atoms with E-state index < -0.39 is 5.60 Å². The van der Waals surface area contributed by atoms with Gasteiger partial charge in [0.05, 0.1) is 19.7 Å². The third kappa shape index (κ3) is 4.09. The summed E-state index contributed by atoms with van der Waals surface area (Å²) >= 11 is 1.65. The topological polar surface area (TPSA) is 49.9 Å². The number of aryl methyl sites for hydroxylation is 2. The molecule has 5 rings (SSSR count). The Morgan fingerprint density at radius 1 is 1.09 bits per heavy atom. The lowest BCUT2D eigenvalue weighted by molar-refractivity contribution is -0.160. The van der Waals surface area contributed by atoms with Crippen LogP contribution in [-0.2, 0) is 16.1 Å². The van der Waals surface area contributed by atoms with Crippen molar-refractivity contribution in [3.63, 3.8) is 0 Å². The molecule has 3 aromatic rings. The van der Waals surface area contributed by atoms with Crippen molar-refractivity contribution in [2.75, 3.05) is 26.2 Å². The van der Waals surface area contributed by atoms with Gasteiger partial charge in [-0.2, -0.15) is 0 Å². The molecule has 1 aromatic heterocycles. The molecule has 2 aliphatic heterocycles. The Kier molecular flexibility index (Phi) is 5.81. The summed E-state index contributed by atoms with van der Waals surface area (Å²) in [5.74, 6) is -0.204. The predicted octanol–water partition coefficient (Wildman–Crippen LogP) is 4.40. The maximum atomic E-state index is 13.9. The number of thiophene rings is 1. The molecule has 3 heterocycles. The highest BCUT2D eigenvalue weighted by atomic mass is 32.1. The van der Waals surface area contributed by atoms with E-state index in [1.165, 1.54) is 0 Å². The molecule has 2 amide bonds. The van der Waals surface area contributed by atoms with Crippen LogP contribution in [-0.4, -0.2) is 53.5 Å². The van der Waals surface area contributed by atoms with E-state index in [0.717, 1.165) is 21.6 Å². The highest BCUT2D eigenvalue weighted by Gasteiger charge is 2.58. The fraction of sp³-hybridized carbons (Fsp3) is 0.333. The van der Waals surface area contributed by atoms with Crippen molar-refractivity contribution in [2.24, 2.45) is 0 Å². The number of ether oxygens (including phenoxy) is 1. The smallest absolute Gasteiger partial charge is 0.257 e. The molecule has 2 aromatic carbocycles. The molecule has 170 valence electrons. The van der Waals surface area contributed by atoms with Crippen molar-refractivity contribution in [3.05, 3.63) is 93.2 Å². The van der Waals surface area contributed by atoms with Gasteiger partial charge in [0.2, 0.25) is 0 Å². The molecule has 0 saturated carbocycles. The average molecular weight is 461 g/mol. The summed E-state index contributed by atoms with van der Waals surface area (Å²) in [4.78, 5) is 32.2. The summed E-state index contributed by atoms with van der Waals surface area (Å²) in [5.41, 5.74) is 2.79. The lowest BCUT2D eigenvalue weighted by Crippen LogP contribution is -2.59. The number of rotatable bonds is 4. The molecule has 2 atom stereocenters. The molecule has 0 radical (unpaired) electrons. The Hall–Kier alpha value is -2.96. The minimum atomic E-state index is -1.06. The number of morpholine rings is 1. The molecule has 5 nitrogen and oxygen atoms in total. The number of carbonyl (C=O) groups is 2. The first-order valence-electron chi connectivity index (χ1n) is 11.3. The van der Waals surface area contributed by atoms with E-state index in [1.54, 1.807) is 16.2 Å². The van der Waals surface area contributed by atoms with Gasteiger partial charge in [0, 0.05) is 29.4 Å². The predicted molar refractivity (Wildman–Crippen MR) is 129 cm³/mol. The van der Waals surface area contributed by atoms with Gasteiger partial charge in [-0.05, 0) is 43.0 Å². The van der Waals surface area contributed by atoms with Gasteiger partial charge in [-0.15, -0.1) is 11.3 Å². The van der Waals surface area contributed by atoms with Crippen molar-refractivity contribution >= 4 is 23.2 Å². The quantitative estimate of drug-likeness (QED) is 0.580. The van der Waals surface area contributed by atoms with Gasteiger partial charge >= 0.3 is 0 Å². The van der Waals surface area contributed by atoms with Crippen LogP contribution in [0.3, 0.4) is 0 Å². The summed E-state index contributed by atoms with van der Waals surface area (Å²) in [7, 11) is 0. The number of hydrogen-bond acceptors (Lipinski definition) is 4. The Labute approximate surface area is 198 Å². The number of hydrogen-bond donors (Lipinski definition) is 0. The van der Waals surface area contributed by atoms with E-state index >= 15 is 0 Å². The van der Waals surface area contributed by atoms with Gasteiger partial charge in [-0.3, -0.25) is 9.59 Å². The van der Waals surface area contributed by atoms with Gasteiger partial charge in [0.1, 0.15) is 0 Å². The molecule has 0 aliphatic carbocycles. The molecule has 33 heavy (non-hydrogen) atoms. The first-order chi connectivity index (χ1) is 16.0. The Bertz CT molecular complexity index is 1140. The number of amides is 2. The third-order valence-corrected chi connectivity index (χ3v) is 7.51. The van der Waals surface area contributed by atoms with Crippen molar-refractivity contribution in [1.29, 1.82) is 0 Å². The molecule has 2 fully saturated rings. The highest BCUT2D eigenvalue weighted by Crippen LogP contribution is 2.43. The summed E-state index contributed by atoms with van der Waals surface area (Å²) in [6, 6.07) is 20.1. The molecular weight excluding hydrogens is 432 g/mol. The summed E-state index contributed by atoms with van der Waals surface area (Å²) in [5, 5.41) is 2.03. The molecule has 0 N–H and O–H groups in total. The van der Waals surface area contributed by atoms with Crippen LogP contribution >= 0.6 is 11.3 Å². The minimum Gasteiger partial charge on any atom is -0.361 e. The Balaban J connectivity index is 1.48. The van der Waals surface area contributed by atoms with E-state index in [0.29, 0.717) is 31.8 Å². The maximum absolute atomic E-state index is 13.9. The largest absolute Gasteiger partial charge is 0.361 e. The first kappa shape index (κ1) is 21.9. The van der Waals surface area contributed by atoms with Gasteiger partial charge < -0.3 is 14.5 Å². The van der Waals surface area contributed by atoms with Crippen molar-refractivity contribution < 1.29 is 14.3 Å². The summed E-state index contributed by atoms with van der Waals surface area (Å²) in [6.07, 6.45) is 0. The van der Waals surface area contributed by atoms with Gasteiger partial charge in [-0.25, -0.2) is 0 Å². The van der Waals surface area contributed by atoms with Gasteiger partial charge in [0.25, 0.3) is 11.8 Å². The molecular formula is C27H28N2O3S. The van der Waals surface area contributed by atoms with Crippen molar-refractivity contribution in [2.45, 2.75) is 31.9 Å². The summed E-state index contributed by atoms with van der Waals surface area (Å²) < 4.78 is 6.34. The molecule has 2 saturated heterocycles. The second kappa shape index (κ2) is 8.76. The summed E-state index contributed by atoms with van der Waals surface area (Å²) in [6.45, 7) is 6.23. The zero-order chi connectivity index (χ0) is 23.0. The van der Waals surface area contributed by atoms with E-state index in [4.69, 9.17) is 4.74 Å². The number of benzene rings is 2. The zero-order valence-corrected chi connectivity index (χ0v) is 19.8. The number of nitrogens with zero attached hydrogens (tertiary/aromatic N) is 2. The Morgan fingerprint density at radius 2 is 1.85 bits per heavy atom. The molecule has 2 aliphatic rings. The monoisotopic (exact) mass is 460 g/mol. The lowest BCUT2D eigenvalue weighted by Gasteiger charge is -2.42. The van der Waals surface area contributed by atoms with Crippen molar-refractivity contribution in [3.8, 4) is 0 Å². The molecule has 0 unspecified atom stereocenters. The second-order valence-electron chi connectivity index (χ2n) is 9.07. The van der Waals surface area contributed by atoms with Gasteiger partial charge in [0.15, 0.2) is 5.60 Å². The highest BCUT2D eigenvalue weighted by molar-refractivity contribution is 7.09. The fourth-order valence-electron chi connectivity index (χ4n) is 5.19. The molecule has 0 bridgehead atoms. The van der Waals surface area contributed by atoms with Crippen LogP contribution in [0.25, 0.3) is 0 Å². The normalized spacial score (nSPS) is 22.8. The van der Waals surface area contributed by atoms with Crippen LogP contribution in [0.5, 0.6) is 0 Å². The Morgan fingerprint density at radius 3 is 2.55 bits per heavy atom. The number of carbonyl (C=O) groups excluding carboxylic acids is 2. The standard InChI is InChI=1S/C27H28N2O3S/c1-19-13-20(2)15-22(14-19)25(30)28-10-11-32-27(18-28)24(21-7-4-3-5-8-21)17-29(26(27)31)16-23-9-6-12-33-23/h3-9,12-15,24H,10-11,16-18H2,1-2H3/t24-,27-/m0/s1. The van der Waals surface area contributed by atoms with Crippen LogP contribution in [0, 0.1) is 13.8 Å². The van der Waals surface area contributed by atoms with E-state index in [-0.39, 0.29) is 24.3 Å². The van der Waals surface area contributed by atoms with E-state index in [2.05, 4.69) is 24.3 Å². The third-order valence-electron chi connectivity index (χ3n) is 6.65. The average Bonchev–Trinajstić information content (AvgIpc) is 3.42. The van der Waals surface area contributed by atoms with Crippen molar-refractivity contribution in [1.82, 2.24) is 9.80 Å². The van der Waals surface area contributed by atoms with Crippen LogP contribution in [0.15, 0.2) is 66.0 Å². The molecule has 1 spiro atoms. The SMILES string of the molecule is Cc1cc(C)cc(C(=O)N2CCO[C@]3(C2)C(=O)N(Cc2cccs2)C[C@H]3c2ccccc2)c1. The van der Waals surface area contributed by atoms with E-state index in [9.17, 15) is 9.59 Å². The number of likely N-dealkylation sites (tertiary alicyclic amines) is 1. The van der Waals surface area contributed by atoms with Crippen LogP contribution in [0.1, 0.15) is 37.8 Å². The van der Waals surface area contributed by atoms with Crippen LogP contribution in [0.2, 0.25) is 0 Å². The van der Waals surface area contributed by atoms with Gasteiger partial charge in [-0.1, -0.05) is 53.6 Å². The van der Waals surface area contributed by atoms with Crippen LogP contribution < -0.4 is 0 Å². The minimum absolute atomic E-state index is 0.0253. The van der Waals surface area contributed by atoms with E-state index in [1.807, 2.05) is 60.5 Å². The molecule has 6 heteroatoms. The van der Waals surface area contributed by atoms with Crippen LogP contribution in [0.4, 0.5) is 0 Å². The second-order valence-corrected chi connectivity index (χ2v) is 10.1. The fourth-order valence-corrected chi connectivity index (χ4v) is 5.91. The first-order valence-corrected chi connectivity index (χ1v) is 12.2.